The molecule has 120 valence electrons. The summed E-state index contributed by atoms with van der Waals surface area (Å²) in [6.45, 7) is 5.85. The standard InChI is InChI=1S/C15H17ClFNO2S2/c1-15(2,3)14(12-5-4-8-21-12)18-22(19,20)13-7-6-10(17)9-11(13)16/h4-9,14,18H,1-3H3/t14-/m0/s1. The normalized spacial score (nSPS) is 14.0. The molecule has 3 nitrogen and oxygen atoms in total. The van der Waals surface area contributed by atoms with Crippen molar-refractivity contribution >= 4 is 33.0 Å². The second-order valence-corrected chi connectivity index (χ2v) is 9.08. The van der Waals surface area contributed by atoms with E-state index in [0.717, 1.165) is 17.0 Å². The van der Waals surface area contributed by atoms with E-state index in [-0.39, 0.29) is 15.3 Å². The van der Waals surface area contributed by atoms with Gasteiger partial charge in [-0.05, 0) is 35.1 Å². The van der Waals surface area contributed by atoms with Gasteiger partial charge in [-0.1, -0.05) is 38.4 Å². The highest BCUT2D eigenvalue weighted by molar-refractivity contribution is 7.89. The molecule has 0 bridgehead atoms. The van der Waals surface area contributed by atoms with Crippen LogP contribution in [0.4, 0.5) is 4.39 Å². The number of nitrogens with one attached hydrogen (secondary N) is 1. The van der Waals surface area contributed by atoms with Gasteiger partial charge in [0, 0.05) is 4.88 Å². The highest BCUT2D eigenvalue weighted by Gasteiger charge is 2.32. The fourth-order valence-electron chi connectivity index (χ4n) is 2.03. The van der Waals surface area contributed by atoms with Crippen molar-refractivity contribution in [3.63, 3.8) is 0 Å². The molecule has 0 aliphatic carbocycles. The van der Waals surface area contributed by atoms with Crippen LogP contribution in [0.5, 0.6) is 0 Å². The van der Waals surface area contributed by atoms with Crippen molar-refractivity contribution in [2.75, 3.05) is 0 Å². The van der Waals surface area contributed by atoms with E-state index in [0.29, 0.717) is 0 Å². The van der Waals surface area contributed by atoms with E-state index in [1.54, 1.807) is 0 Å². The third kappa shape index (κ3) is 3.87. The lowest BCUT2D eigenvalue weighted by Crippen LogP contribution is -2.36. The number of halogens is 2. The largest absolute Gasteiger partial charge is 0.242 e. The fourth-order valence-corrected chi connectivity index (χ4v) is 5.08. The Morgan fingerprint density at radius 2 is 1.95 bits per heavy atom. The molecule has 0 aliphatic heterocycles. The first kappa shape index (κ1) is 17.4. The summed E-state index contributed by atoms with van der Waals surface area (Å²) in [6.07, 6.45) is 0. The topological polar surface area (TPSA) is 46.2 Å². The average molecular weight is 362 g/mol. The number of sulfonamides is 1. The first-order valence-corrected chi connectivity index (χ1v) is 9.36. The van der Waals surface area contributed by atoms with Crippen molar-refractivity contribution in [3.05, 3.63) is 51.4 Å². The van der Waals surface area contributed by atoms with Crippen LogP contribution in [-0.4, -0.2) is 8.42 Å². The summed E-state index contributed by atoms with van der Waals surface area (Å²) in [5.74, 6) is -0.574. The molecule has 22 heavy (non-hydrogen) atoms. The van der Waals surface area contributed by atoms with Gasteiger partial charge in [0.2, 0.25) is 10.0 Å². The van der Waals surface area contributed by atoms with Crippen LogP contribution in [0, 0.1) is 11.2 Å². The van der Waals surface area contributed by atoms with Gasteiger partial charge in [-0.15, -0.1) is 11.3 Å². The Morgan fingerprint density at radius 3 is 2.45 bits per heavy atom. The van der Waals surface area contributed by atoms with Crippen LogP contribution in [0.1, 0.15) is 31.7 Å². The Labute approximate surface area is 139 Å². The minimum atomic E-state index is -3.86. The Balaban J connectivity index is 2.41. The van der Waals surface area contributed by atoms with E-state index in [2.05, 4.69) is 4.72 Å². The Bertz CT molecular complexity index is 752. The average Bonchev–Trinajstić information content (AvgIpc) is 2.87. The van der Waals surface area contributed by atoms with E-state index in [1.165, 1.54) is 17.4 Å². The van der Waals surface area contributed by atoms with Crippen LogP contribution >= 0.6 is 22.9 Å². The maximum atomic E-state index is 13.1. The van der Waals surface area contributed by atoms with Gasteiger partial charge in [-0.25, -0.2) is 17.5 Å². The third-order valence-corrected chi connectivity index (χ3v) is 5.99. The summed E-state index contributed by atoms with van der Waals surface area (Å²) < 4.78 is 41.0. The molecule has 0 saturated carbocycles. The lowest BCUT2D eigenvalue weighted by Gasteiger charge is -2.30. The van der Waals surface area contributed by atoms with E-state index in [9.17, 15) is 12.8 Å². The molecule has 0 unspecified atom stereocenters. The van der Waals surface area contributed by atoms with Crippen LogP contribution in [0.2, 0.25) is 5.02 Å². The fraction of sp³-hybridized carbons (Fsp3) is 0.333. The second-order valence-electron chi connectivity index (χ2n) is 6.01. The summed E-state index contributed by atoms with van der Waals surface area (Å²) in [5.41, 5.74) is -0.329. The lowest BCUT2D eigenvalue weighted by atomic mass is 9.86. The molecule has 0 spiro atoms. The highest BCUT2D eigenvalue weighted by atomic mass is 35.5. The van der Waals surface area contributed by atoms with E-state index < -0.39 is 21.9 Å². The predicted octanol–water partition coefficient (Wildman–Crippen LogP) is 4.61. The Kier molecular flexibility index (Phi) is 4.96. The van der Waals surface area contributed by atoms with Crippen LogP contribution < -0.4 is 4.72 Å². The van der Waals surface area contributed by atoms with Gasteiger partial charge in [0.15, 0.2) is 0 Å². The molecule has 0 radical (unpaired) electrons. The maximum absolute atomic E-state index is 13.1. The number of thiophene rings is 1. The van der Waals surface area contributed by atoms with Crippen molar-refractivity contribution in [2.45, 2.75) is 31.7 Å². The monoisotopic (exact) mass is 361 g/mol. The maximum Gasteiger partial charge on any atom is 0.242 e. The molecule has 0 aliphatic rings. The number of rotatable bonds is 4. The summed E-state index contributed by atoms with van der Waals surface area (Å²) >= 11 is 7.36. The van der Waals surface area contributed by atoms with Gasteiger partial charge in [0.1, 0.15) is 10.7 Å². The first-order chi connectivity index (χ1) is 10.1. The zero-order valence-electron chi connectivity index (χ0n) is 12.4. The van der Waals surface area contributed by atoms with Gasteiger partial charge in [0.05, 0.1) is 11.1 Å². The van der Waals surface area contributed by atoms with Crippen molar-refractivity contribution in [1.29, 1.82) is 0 Å². The van der Waals surface area contributed by atoms with Crippen molar-refractivity contribution in [2.24, 2.45) is 5.41 Å². The van der Waals surface area contributed by atoms with Crippen LogP contribution in [0.25, 0.3) is 0 Å². The quantitative estimate of drug-likeness (QED) is 0.864. The van der Waals surface area contributed by atoms with Gasteiger partial charge in [0.25, 0.3) is 0 Å². The highest BCUT2D eigenvalue weighted by Crippen LogP contribution is 2.37. The summed E-state index contributed by atoms with van der Waals surface area (Å²) in [7, 11) is -3.86. The van der Waals surface area contributed by atoms with Gasteiger partial charge in [-0.3, -0.25) is 0 Å². The molecule has 1 N–H and O–H groups in total. The first-order valence-electron chi connectivity index (χ1n) is 6.62. The summed E-state index contributed by atoms with van der Waals surface area (Å²) in [6, 6.07) is 6.60. The van der Waals surface area contributed by atoms with E-state index in [1.807, 2.05) is 38.3 Å². The molecule has 1 heterocycles. The molecule has 0 saturated heterocycles. The zero-order valence-corrected chi connectivity index (χ0v) is 14.8. The SMILES string of the molecule is CC(C)(C)[C@@H](NS(=O)(=O)c1ccc(F)cc1Cl)c1cccs1. The van der Waals surface area contributed by atoms with Crippen LogP contribution in [-0.2, 0) is 10.0 Å². The predicted molar refractivity (Wildman–Crippen MR) is 88.2 cm³/mol. The summed E-state index contributed by atoms with van der Waals surface area (Å²) in [5, 5.41) is 1.76. The molecule has 0 fully saturated rings. The van der Waals surface area contributed by atoms with Crippen LogP contribution in [0.3, 0.4) is 0 Å². The molecule has 2 rings (SSSR count). The van der Waals surface area contributed by atoms with Crippen LogP contribution in [0.15, 0.2) is 40.6 Å². The third-order valence-electron chi connectivity index (χ3n) is 3.15. The van der Waals surface area contributed by atoms with Crippen molar-refractivity contribution in [1.82, 2.24) is 4.72 Å². The second kappa shape index (κ2) is 6.28. The molecule has 2 aromatic rings. The molecule has 7 heteroatoms. The molecule has 1 aromatic carbocycles. The Morgan fingerprint density at radius 1 is 1.27 bits per heavy atom. The number of hydrogen-bond acceptors (Lipinski definition) is 3. The lowest BCUT2D eigenvalue weighted by molar-refractivity contribution is 0.308. The zero-order chi connectivity index (χ0) is 16.5. The van der Waals surface area contributed by atoms with E-state index in [4.69, 9.17) is 11.6 Å². The summed E-state index contributed by atoms with van der Waals surface area (Å²) in [4.78, 5) is 0.788. The Hall–Kier alpha value is -0.950. The van der Waals surface area contributed by atoms with Crippen molar-refractivity contribution in [3.8, 4) is 0 Å². The van der Waals surface area contributed by atoms with E-state index >= 15 is 0 Å². The van der Waals surface area contributed by atoms with Gasteiger partial charge < -0.3 is 0 Å². The van der Waals surface area contributed by atoms with Gasteiger partial charge in [-0.2, -0.15) is 0 Å². The van der Waals surface area contributed by atoms with Crippen molar-refractivity contribution < 1.29 is 12.8 Å². The minimum Gasteiger partial charge on any atom is -0.207 e. The minimum absolute atomic E-state index is 0.124. The molecular formula is C15H17ClFNO2S2. The molecular weight excluding hydrogens is 345 g/mol. The number of benzene rings is 1. The molecule has 1 aromatic heterocycles. The molecule has 0 amide bonds. The van der Waals surface area contributed by atoms with Gasteiger partial charge >= 0.3 is 0 Å². The smallest absolute Gasteiger partial charge is 0.207 e. The number of hydrogen-bond donors (Lipinski definition) is 1. The molecule has 1 atom stereocenters.